The smallest absolute Gasteiger partial charge is 0.228 e. The lowest BCUT2D eigenvalue weighted by Gasteiger charge is -2.32. The Kier molecular flexibility index (Phi) is 6.94. The van der Waals surface area contributed by atoms with Gasteiger partial charge in [-0.3, -0.25) is 14.5 Å². The Morgan fingerprint density at radius 2 is 1.64 bits per heavy atom. The summed E-state index contributed by atoms with van der Waals surface area (Å²) in [6, 6.07) is 12.6. The largest absolute Gasteiger partial charge is 0.326 e. The minimum atomic E-state index is -0.127. The summed E-state index contributed by atoms with van der Waals surface area (Å²) in [6.45, 7) is 3.67. The highest BCUT2D eigenvalue weighted by molar-refractivity contribution is 6.35. The summed E-state index contributed by atoms with van der Waals surface area (Å²) in [6.07, 6.45) is 1.80. The Bertz CT molecular complexity index is 835. The number of nitrogens with zero attached hydrogens (tertiary/aromatic N) is 1. The maximum absolute atomic E-state index is 12.7. The third-order valence-electron chi connectivity index (χ3n) is 4.79. The molecular weight excluding hydrogens is 397 g/mol. The van der Waals surface area contributed by atoms with Crippen molar-refractivity contribution in [1.82, 2.24) is 4.90 Å². The first kappa shape index (κ1) is 20.6. The first-order valence-electron chi connectivity index (χ1n) is 9.26. The maximum atomic E-state index is 12.7. The van der Waals surface area contributed by atoms with Gasteiger partial charge in [0.15, 0.2) is 0 Å². The van der Waals surface area contributed by atoms with Crippen LogP contribution in [0, 0.1) is 5.92 Å². The second-order valence-electron chi connectivity index (χ2n) is 7.02. The molecular formula is C21H23Cl2N3O2. The second kappa shape index (κ2) is 9.41. The molecule has 7 heteroatoms. The molecule has 2 aromatic rings. The van der Waals surface area contributed by atoms with Crippen LogP contribution in [0.2, 0.25) is 10.0 Å². The second-order valence-corrected chi connectivity index (χ2v) is 7.84. The van der Waals surface area contributed by atoms with Crippen LogP contribution in [0.15, 0.2) is 42.5 Å². The van der Waals surface area contributed by atoms with Crippen molar-refractivity contribution >= 4 is 46.4 Å². The Morgan fingerprint density at radius 1 is 1.04 bits per heavy atom. The molecule has 1 atom stereocenters. The molecule has 0 saturated carbocycles. The van der Waals surface area contributed by atoms with Crippen LogP contribution in [0.1, 0.15) is 25.3 Å². The molecule has 1 heterocycles. The summed E-state index contributed by atoms with van der Waals surface area (Å²) in [5.74, 6) is -0.218. The van der Waals surface area contributed by atoms with E-state index in [1.165, 1.54) is 6.92 Å². The van der Waals surface area contributed by atoms with Gasteiger partial charge in [0.25, 0.3) is 0 Å². The zero-order valence-electron chi connectivity index (χ0n) is 15.7. The number of nitrogens with one attached hydrogen (secondary N) is 2. The third-order valence-corrected chi connectivity index (χ3v) is 5.50. The molecule has 5 nitrogen and oxygen atoms in total. The van der Waals surface area contributed by atoms with E-state index in [-0.39, 0.29) is 17.7 Å². The zero-order valence-corrected chi connectivity index (χ0v) is 17.2. The van der Waals surface area contributed by atoms with E-state index < -0.39 is 0 Å². The molecule has 3 rings (SSSR count). The summed E-state index contributed by atoms with van der Waals surface area (Å²) in [7, 11) is 0. The van der Waals surface area contributed by atoms with Gasteiger partial charge in [-0.25, -0.2) is 0 Å². The fourth-order valence-corrected chi connectivity index (χ4v) is 3.92. The highest BCUT2D eigenvalue weighted by atomic mass is 35.5. The minimum Gasteiger partial charge on any atom is -0.326 e. The van der Waals surface area contributed by atoms with Crippen LogP contribution < -0.4 is 10.6 Å². The van der Waals surface area contributed by atoms with Crippen molar-refractivity contribution in [2.24, 2.45) is 5.92 Å². The first-order valence-corrected chi connectivity index (χ1v) is 10.0. The van der Waals surface area contributed by atoms with Crippen LogP contribution in [0.3, 0.4) is 0 Å². The third kappa shape index (κ3) is 5.47. The van der Waals surface area contributed by atoms with Crippen LogP contribution in [0.25, 0.3) is 0 Å². The number of likely N-dealkylation sites (tertiary alicyclic amines) is 1. The maximum Gasteiger partial charge on any atom is 0.228 e. The molecule has 148 valence electrons. The molecule has 0 spiro atoms. The van der Waals surface area contributed by atoms with Crippen LogP contribution in [0.4, 0.5) is 11.4 Å². The van der Waals surface area contributed by atoms with Gasteiger partial charge in [0, 0.05) is 47.0 Å². The predicted molar refractivity (Wildman–Crippen MR) is 114 cm³/mol. The lowest BCUT2D eigenvalue weighted by Crippen LogP contribution is -2.40. The number of amides is 2. The SMILES string of the molecule is CC(=O)Nc1ccc(NC(=O)[C@@H]2CCCN(Cc3c(Cl)cccc3Cl)C2)cc1. The number of rotatable bonds is 5. The normalized spacial score (nSPS) is 17.2. The fraction of sp³-hybridized carbons (Fsp3) is 0.333. The van der Waals surface area contributed by atoms with Crippen LogP contribution in [-0.4, -0.2) is 29.8 Å². The van der Waals surface area contributed by atoms with Gasteiger partial charge in [0.05, 0.1) is 5.92 Å². The minimum absolute atomic E-state index is 0.00207. The first-order chi connectivity index (χ1) is 13.4. The molecule has 0 bridgehead atoms. The topological polar surface area (TPSA) is 61.4 Å². The molecule has 2 N–H and O–H groups in total. The van der Waals surface area contributed by atoms with E-state index in [4.69, 9.17) is 23.2 Å². The van der Waals surface area contributed by atoms with Gasteiger partial charge in [-0.2, -0.15) is 0 Å². The van der Waals surface area contributed by atoms with E-state index in [1.807, 2.05) is 18.2 Å². The molecule has 0 aliphatic carbocycles. The van der Waals surface area contributed by atoms with Gasteiger partial charge in [-0.05, 0) is 55.8 Å². The molecule has 1 aliphatic rings. The van der Waals surface area contributed by atoms with E-state index in [0.717, 1.165) is 24.9 Å². The molecule has 1 fully saturated rings. The van der Waals surface area contributed by atoms with Crippen molar-refractivity contribution in [2.75, 3.05) is 23.7 Å². The van der Waals surface area contributed by atoms with Crippen LogP contribution in [-0.2, 0) is 16.1 Å². The highest BCUT2D eigenvalue weighted by Crippen LogP contribution is 2.28. The highest BCUT2D eigenvalue weighted by Gasteiger charge is 2.26. The zero-order chi connectivity index (χ0) is 20.1. The molecule has 2 aromatic carbocycles. The monoisotopic (exact) mass is 419 g/mol. The number of halogens is 2. The number of hydrogen-bond donors (Lipinski definition) is 2. The quantitative estimate of drug-likeness (QED) is 0.731. The fourth-order valence-electron chi connectivity index (χ4n) is 3.40. The summed E-state index contributed by atoms with van der Waals surface area (Å²) in [5.41, 5.74) is 2.32. The number of hydrogen-bond acceptors (Lipinski definition) is 3. The molecule has 1 aliphatic heterocycles. The van der Waals surface area contributed by atoms with Gasteiger partial charge in [-0.1, -0.05) is 29.3 Å². The molecule has 0 aromatic heterocycles. The van der Waals surface area contributed by atoms with E-state index in [1.54, 1.807) is 24.3 Å². The van der Waals surface area contributed by atoms with Crippen molar-refractivity contribution in [3.63, 3.8) is 0 Å². The summed E-state index contributed by atoms with van der Waals surface area (Å²) < 4.78 is 0. The van der Waals surface area contributed by atoms with Gasteiger partial charge in [0.1, 0.15) is 0 Å². The van der Waals surface area contributed by atoms with Crippen molar-refractivity contribution in [1.29, 1.82) is 0 Å². The molecule has 2 amide bonds. The molecule has 1 saturated heterocycles. The number of carbonyl (C=O) groups is 2. The average molecular weight is 420 g/mol. The average Bonchev–Trinajstić information content (AvgIpc) is 2.66. The number of benzene rings is 2. The molecule has 0 radical (unpaired) electrons. The molecule has 0 unspecified atom stereocenters. The predicted octanol–water partition coefficient (Wildman–Crippen LogP) is 4.80. The van der Waals surface area contributed by atoms with E-state index >= 15 is 0 Å². The van der Waals surface area contributed by atoms with E-state index in [9.17, 15) is 9.59 Å². The standard InChI is InChI=1S/C21H23Cl2N3O2/c1-14(27)24-16-7-9-17(10-8-16)25-21(28)15-4-3-11-26(12-15)13-18-19(22)5-2-6-20(18)23/h2,5-10,15H,3-4,11-13H2,1H3,(H,24,27)(H,25,28)/t15-/m1/s1. The van der Waals surface area contributed by atoms with Crippen molar-refractivity contribution in [3.05, 3.63) is 58.1 Å². The van der Waals surface area contributed by atoms with Crippen molar-refractivity contribution < 1.29 is 9.59 Å². The van der Waals surface area contributed by atoms with E-state index in [0.29, 0.717) is 34.5 Å². The van der Waals surface area contributed by atoms with Crippen LogP contribution in [0.5, 0.6) is 0 Å². The Hall–Kier alpha value is -2.08. The number of piperidine rings is 1. The Morgan fingerprint density at radius 3 is 2.25 bits per heavy atom. The Balaban J connectivity index is 1.59. The van der Waals surface area contributed by atoms with Gasteiger partial charge >= 0.3 is 0 Å². The summed E-state index contributed by atoms with van der Waals surface area (Å²) >= 11 is 12.6. The number of carbonyl (C=O) groups excluding carboxylic acids is 2. The van der Waals surface area contributed by atoms with Crippen molar-refractivity contribution in [2.45, 2.75) is 26.3 Å². The lowest BCUT2D eigenvalue weighted by atomic mass is 9.96. The van der Waals surface area contributed by atoms with Crippen LogP contribution >= 0.6 is 23.2 Å². The van der Waals surface area contributed by atoms with Gasteiger partial charge in [0.2, 0.25) is 11.8 Å². The van der Waals surface area contributed by atoms with E-state index in [2.05, 4.69) is 15.5 Å². The van der Waals surface area contributed by atoms with Gasteiger partial charge in [-0.15, -0.1) is 0 Å². The summed E-state index contributed by atoms with van der Waals surface area (Å²) in [4.78, 5) is 26.0. The molecule has 28 heavy (non-hydrogen) atoms. The number of anilines is 2. The Labute approximate surface area is 175 Å². The lowest BCUT2D eigenvalue weighted by molar-refractivity contribution is -0.121. The summed E-state index contributed by atoms with van der Waals surface area (Å²) in [5, 5.41) is 6.98. The van der Waals surface area contributed by atoms with Gasteiger partial charge < -0.3 is 10.6 Å². The van der Waals surface area contributed by atoms with Crippen molar-refractivity contribution in [3.8, 4) is 0 Å².